The summed E-state index contributed by atoms with van der Waals surface area (Å²) in [5, 5.41) is 17.6. The summed E-state index contributed by atoms with van der Waals surface area (Å²) in [5.74, 6) is 0.873. The first-order valence-electron chi connectivity index (χ1n) is 2.52. The molecule has 2 N–H and O–H groups in total. The molecule has 1 saturated heterocycles. The Morgan fingerprint density at radius 1 is 1.50 bits per heavy atom. The molecule has 1 aliphatic heterocycles. The van der Waals surface area contributed by atoms with Crippen LogP contribution in [0.2, 0.25) is 0 Å². The third-order valence-electron chi connectivity index (χ3n) is 1.01. The zero-order valence-corrected chi connectivity index (χ0v) is 5.19. The van der Waals surface area contributed by atoms with Crippen molar-refractivity contribution in [1.29, 1.82) is 0 Å². The summed E-state index contributed by atoms with van der Waals surface area (Å²) in [5.41, 5.74) is -0.635. The monoisotopic (exact) mass is 132 g/mol. The Bertz CT molecular complexity index is 66.8. The molecule has 2 unspecified atom stereocenters. The van der Waals surface area contributed by atoms with E-state index in [9.17, 15) is 0 Å². The molecular weight excluding hydrogens is 124 g/mol. The van der Waals surface area contributed by atoms with Crippen LogP contribution in [0.4, 0.5) is 0 Å². The first kappa shape index (κ1) is 6.39. The van der Waals surface area contributed by atoms with Gasteiger partial charge in [0, 0.05) is 6.42 Å². The van der Waals surface area contributed by atoms with Gasteiger partial charge in [-0.3, -0.25) is 0 Å². The highest BCUT2D eigenvalue weighted by Gasteiger charge is 2.20. The van der Waals surface area contributed by atoms with Crippen molar-refractivity contribution in [3.05, 3.63) is 6.42 Å². The Hall–Kier alpha value is 0.270. The van der Waals surface area contributed by atoms with Crippen LogP contribution < -0.4 is 0 Å². The van der Waals surface area contributed by atoms with Crippen molar-refractivity contribution in [3.63, 3.8) is 0 Å². The zero-order valence-electron chi connectivity index (χ0n) is 4.37. The minimum absolute atomic E-state index is 0.635. The van der Waals surface area contributed by atoms with Crippen LogP contribution in [0, 0.1) is 6.42 Å². The normalized spacial score (nSPS) is 39.8. The highest BCUT2D eigenvalue weighted by atomic mass is 32.2. The molecule has 1 heterocycles. The molecule has 2 radical (unpaired) electrons. The molecule has 2 nitrogen and oxygen atoms in total. The number of hydrogen-bond donors (Lipinski definition) is 2. The number of aliphatic hydroxyl groups is 2. The van der Waals surface area contributed by atoms with E-state index in [0.29, 0.717) is 0 Å². The van der Waals surface area contributed by atoms with Crippen molar-refractivity contribution in [1.82, 2.24) is 0 Å². The SMILES string of the molecule is OC1[C]CCSC1O. The van der Waals surface area contributed by atoms with Crippen molar-refractivity contribution in [2.24, 2.45) is 0 Å². The molecular formula is C5H8O2S. The quantitative estimate of drug-likeness (QED) is 0.483. The van der Waals surface area contributed by atoms with Gasteiger partial charge in [0.05, 0.1) is 6.10 Å². The van der Waals surface area contributed by atoms with Gasteiger partial charge in [0.2, 0.25) is 0 Å². The minimum Gasteiger partial charge on any atom is -0.389 e. The van der Waals surface area contributed by atoms with Gasteiger partial charge in [-0.15, -0.1) is 11.8 Å². The van der Waals surface area contributed by atoms with E-state index in [2.05, 4.69) is 6.42 Å². The molecule has 1 aliphatic rings. The lowest BCUT2D eigenvalue weighted by Crippen LogP contribution is -2.27. The lowest BCUT2D eigenvalue weighted by atomic mass is 10.2. The van der Waals surface area contributed by atoms with Crippen molar-refractivity contribution in [2.45, 2.75) is 18.0 Å². The van der Waals surface area contributed by atoms with Crippen molar-refractivity contribution in [3.8, 4) is 0 Å². The standard InChI is InChI=1S/C5H8O2S/c6-4-2-1-3-8-5(4)7/h4-7H,1,3H2. The molecule has 0 spiro atoms. The van der Waals surface area contributed by atoms with E-state index in [1.807, 2.05) is 0 Å². The largest absolute Gasteiger partial charge is 0.389 e. The van der Waals surface area contributed by atoms with Crippen molar-refractivity contribution in [2.75, 3.05) is 5.75 Å². The molecule has 3 heteroatoms. The van der Waals surface area contributed by atoms with Gasteiger partial charge in [0.15, 0.2) is 0 Å². The Balaban J connectivity index is 2.28. The van der Waals surface area contributed by atoms with Crippen LogP contribution in [-0.2, 0) is 0 Å². The molecule has 8 heavy (non-hydrogen) atoms. The Morgan fingerprint density at radius 2 is 2.25 bits per heavy atom. The fourth-order valence-electron chi connectivity index (χ4n) is 0.578. The van der Waals surface area contributed by atoms with E-state index in [1.54, 1.807) is 0 Å². The number of aliphatic hydroxyl groups excluding tert-OH is 2. The molecule has 0 aromatic carbocycles. The maximum atomic E-state index is 8.83. The second-order valence-corrected chi connectivity index (χ2v) is 2.88. The summed E-state index contributed by atoms with van der Waals surface area (Å²) in [6.45, 7) is 0. The number of rotatable bonds is 0. The van der Waals surface area contributed by atoms with Gasteiger partial charge < -0.3 is 10.2 Å². The predicted molar refractivity (Wildman–Crippen MR) is 32.3 cm³/mol. The Morgan fingerprint density at radius 3 is 2.62 bits per heavy atom. The highest BCUT2D eigenvalue weighted by Crippen LogP contribution is 2.21. The third kappa shape index (κ3) is 1.37. The minimum atomic E-state index is -0.728. The second kappa shape index (κ2) is 2.71. The van der Waals surface area contributed by atoms with E-state index >= 15 is 0 Å². The lowest BCUT2D eigenvalue weighted by Gasteiger charge is -2.20. The average Bonchev–Trinajstić information content (AvgIpc) is 1.77. The molecule has 0 aromatic heterocycles. The molecule has 2 atom stereocenters. The maximum absolute atomic E-state index is 8.83. The predicted octanol–water partition coefficient (Wildman–Crippen LogP) is -0.116. The van der Waals surface area contributed by atoms with Crippen LogP contribution in [0.1, 0.15) is 6.42 Å². The van der Waals surface area contributed by atoms with Crippen LogP contribution in [0.5, 0.6) is 0 Å². The summed E-state index contributed by atoms with van der Waals surface area (Å²) in [4.78, 5) is 0. The smallest absolute Gasteiger partial charge is 0.126 e. The van der Waals surface area contributed by atoms with E-state index in [0.717, 1.165) is 12.2 Å². The van der Waals surface area contributed by atoms with E-state index in [1.165, 1.54) is 11.8 Å². The molecule has 0 amide bonds. The van der Waals surface area contributed by atoms with E-state index in [4.69, 9.17) is 10.2 Å². The van der Waals surface area contributed by atoms with Gasteiger partial charge in [-0.05, 0) is 12.2 Å². The van der Waals surface area contributed by atoms with Gasteiger partial charge in [-0.1, -0.05) is 0 Å². The molecule has 0 bridgehead atoms. The van der Waals surface area contributed by atoms with Crippen molar-refractivity contribution >= 4 is 11.8 Å². The second-order valence-electron chi connectivity index (χ2n) is 1.66. The molecule has 0 aliphatic carbocycles. The molecule has 46 valence electrons. The molecule has 0 aromatic rings. The Labute approximate surface area is 52.9 Å². The fourth-order valence-corrected chi connectivity index (χ4v) is 1.33. The summed E-state index contributed by atoms with van der Waals surface area (Å²) < 4.78 is 0. The number of hydrogen-bond acceptors (Lipinski definition) is 3. The van der Waals surface area contributed by atoms with E-state index < -0.39 is 11.5 Å². The summed E-state index contributed by atoms with van der Waals surface area (Å²) in [6, 6.07) is 0. The van der Waals surface area contributed by atoms with Gasteiger partial charge in [0.25, 0.3) is 0 Å². The zero-order chi connectivity index (χ0) is 5.98. The van der Waals surface area contributed by atoms with Gasteiger partial charge in [0.1, 0.15) is 5.44 Å². The molecule has 1 fully saturated rings. The van der Waals surface area contributed by atoms with Gasteiger partial charge >= 0.3 is 0 Å². The van der Waals surface area contributed by atoms with Crippen LogP contribution in [0.15, 0.2) is 0 Å². The topological polar surface area (TPSA) is 40.5 Å². The lowest BCUT2D eigenvalue weighted by molar-refractivity contribution is 0.0913. The molecule has 1 rings (SSSR count). The fraction of sp³-hybridized carbons (Fsp3) is 0.800. The summed E-state index contributed by atoms with van der Waals surface area (Å²) in [6.07, 6.45) is 2.77. The first-order valence-corrected chi connectivity index (χ1v) is 3.57. The maximum Gasteiger partial charge on any atom is 0.126 e. The van der Waals surface area contributed by atoms with Crippen LogP contribution in [0.3, 0.4) is 0 Å². The summed E-state index contributed by atoms with van der Waals surface area (Å²) in [7, 11) is 0. The highest BCUT2D eigenvalue weighted by molar-refractivity contribution is 7.99. The van der Waals surface area contributed by atoms with Crippen LogP contribution in [0.25, 0.3) is 0 Å². The van der Waals surface area contributed by atoms with Crippen LogP contribution in [-0.4, -0.2) is 27.5 Å². The number of thioether (sulfide) groups is 1. The van der Waals surface area contributed by atoms with Crippen LogP contribution >= 0.6 is 11.8 Å². The van der Waals surface area contributed by atoms with Gasteiger partial charge in [-0.2, -0.15) is 0 Å². The van der Waals surface area contributed by atoms with Gasteiger partial charge in [-0.25, -0.2) is 0 Å². The van der Waals surface area contributed by atoms with Crippen molar-refractivity contribution < 1.29 is 10.2 Å². The average molecular weight is 132 g/mol. The molecule has 0 saturated carbocycles. The summed E-state index contributed by atoms with van der Waals surface area (Å²) >= 11 is 1.37. The van der Waals surface area contributed by atoms with E-state index in [-0.39, 0.29) is 0 Å². The Kier molecular flexibility index (Phi) is 2.16. The third-order valence-corrected chi connectivity index (χ3v) is 2.05. The first-order chi connectivity index (χ1) is 3.80.